The molecule has 1 aliphatic heterocycles. The minimum Gasteiger partial charge on any atom is -0.459 e. The van der Waals surface area contributed by atoms with E-state index in [0.29, 0.717) is 24.8 Å². The van der Waals surface area contributed by atoms with Gasteiger partial charge >= 0.3 is 6.09 Å². The largest absolute Gasteiger partial charge is 0.459 e. The Morgan fingerprint density at radius 1 is 1.18 bits per heavy atom. The number of halogens is 1. The van der Waals surface area contributed by atoms with Crippen LogP contribution in [0.3, 0.4) is 0 Å². The molecule has 0 radical (unpaired) electrons. The first-order valence-electron chi connectivity index (χ1n) is 11.5. The van der Waals surface area contributed by atoms with Crippen molar-refractivity contribution in [2.24, 2.45) is 10.9 Å². The number of hydrogen-bond acceptors (Lipinski definition) is 5. The van der Waals surface area contributed by atoms with E-state index in [0.717, 1.165) is 38.4 Å². The molecule has 0 unspecified atom stereocenters. The van der Waals surface area contributed by atoms with Crippen LogP contribution in [0, 0.1) is 5.92 Å². The second-order valence-electron chi connectivity index (χ2n) is 9.50. The summed E-state index contributed by atoms with van der Waals surface area (Å²) < 4.78 is 10.8. The van der Waals surface area contributed by atoms with Crippen molar-refractivity contribution in [3.8, 4) is 0 Å². The predicted molar refractivity (Wildman–Crippen MR) is 138 cm³/mol. The Morgan fingerprint density at radius 2 is 1.85 bits per heavy atom. The van der Waals surface area contributed by atoms with Crippen LogP contribution in [0.2, 0.25) is 0 Å². The van der Waals surface area contributed by atoms with Crippen molar-refractivity contribution in [1.29, 1.82) is 0 Å². The highest BCUT2D eigenvalue weighted by Gasteiger charge is 2.35. The average molecular weight is 575 g/mol. The van der Waals surface area contributed by atoms with Gasteiger partial charge in [0.05, 0.1) is 6.26 Å². The SMILES string of the molecule is CN=C(NCCNC(=O)c1ccco1)N1CCC(N(CC2CC2)C(=O)OC(C)(C)C)CC1.I. The third-order valence-corrected chi connectivity index (χ3v) is 5.64. The van der Waals surface area contributed by atoms with Crippen molar-refractivity contribution in [2.45, 2.75) is 58.1 Å². The average Bonchev–Trinajstić information content (AvgIpc) is 3.40. The Bertz CT molecular complexity index is 781. The van der Waals surface area contributed by atoms with Gasteiger partial charge in [-0.25, -0.2) is 4.79 Å². The van der Waals surface area contributed by atoms with E-state index in [1.165, 1.54) is 19.1 Å². The molecule has 2 aliphatic rings. The number of nitrogens with one attached hydrogen (secondary N) is 2. The van der Waals surface area contributed by atoms with E-state index in [2.05, 4.69) is 20.5 Å². The van der Waals surface area contributed by atoms with E-state index < -0.39 is 5.60 Å². The predicted octanol–water partition coefficient (Wildman–Crippen LogP) is 3.31. The quantitative estimate of drug-likeness (QED) is 0.224. The molecule has 2 N–H and O–H groups in total. The number of aliphatic imine (C=N–C) groups is 1. The van der Waals surface area contributed by atoms with Crippen LogP contribution in [0.5, 0.6) is 0 Å². The number of piperidine rings is 1. The van der Waals surface area contributed by atoms with Gasteiger partial charge in [-0.2, -0.15) is 0 Å². The molecule has 1 saturated carbocycles. The van der Waals surface area contributed by atoms with Gasteiger partial charge in [0, 0.05) is 45.8 Å². The fourth-order valence-electron chi connectivity index (χ4n) is 3.84. The summed E-state index contributed by atoms with van der Waals surface area (Å²) >= 11 is 0. The maximum Gasteiger partial charge on any atom is 0.410 e. The van der Waals surface area contributed by atoms with E-state index in [9.17, 15) is 9.59 Å². The van der Waals surface area contributed by atoms with Gasteiger partial charge in [0.2, 0.25) is 0 Å². The normalized spacial score (nSPS) is 17.2. The number of furan rings is 1. The number of carbonyl (C=O) groups is 2. The van der Waals surface area contributed by atoms with Crippen LogP contribution in [0.4, 0.5) is 4.79 Å². The van der Waals surface area contributed by atoms with Crippen molar-refractivity contribution < 1.29 is 18.7 Å². The van der Waals surface area contributed by atoms with E-state index in [1.54, 1.807) is 19.2 Å². The third kappa shape index (κ3) is 8.71. The monoisotopic (exact) mass is 575 g/mol. The molecule has 1 aromatic heterocycles. The summed E-state index contributed by atoms with van der Waals surface area (Å²) in [6, 6.07) is 3.51. The van der Waals surface area contributed by atoms with Gasteiger partial charge < -0.3 is 29.6 Å². The molecule has 1 saturated heterocycles. The smallest absolute Gasteiger partial charge is 0.410 e. The second kappa shape index (κ2) is 12.5. The van der Waals surface area contributed by atoms with Crippen LogP contribution in [0.1, 0.15) is 57.0 Å². The number of amides is 2. The zero-order valence-corrected chi connectivity index (χ0v) is 22.5. The lowest BCUT2D eigenvalue weighted by atomic mass is 10.0. The first-order valence-corrected chi connectivity index (χ1v) is 11.5. The third-order valence-electron chi connectivity index (χ3n) is 5.64. The number of ether oxygens (including phenoxy) is 1. The minimum absolute atomic E-state index is 0. The molecule has 0 atom stereocenters. The highest BCUT2D eigenvalue weighted by Crippen LogP contribution is 2.32. The molecule has 9 nitrogen and oxygen atoms in total. The second-order valence-corrected chi connectivity index (χ2v) is 9.50. The molecule has 0 aromatic carbocycles. The summed E-state index contributed by atoms with van der Waals surface area (Å²) in [6.07, 6.45) is 5.44. The van der Waals surface area contributed by atoms with Gasteiger partial charge in [-0.15, -0.1) is 24.0 Å². The molecule has 1 aliphatic carbocycles. The Hall–Kier alpha value is -1.98. The zero-order chi connectivity index (χ0) is 23.1. The van der Waals surface area contributed by atoms with Crippen molar-refractivity contribution in [1.82, 2.24) is 20.4 Å². The van der Waals surface area contributed by atoms with Gasteiger partial charge in [0.25, 0.3) is 5.91 Å². The number of guanidine groups is 1. The lowest BCUT2D eigenvalue weighted by Gasteiger charge is -2.40. The maximum atomic E-state index is 12.8. The van der Waals surface area contributed by atoms with Gasteiger partial charge in [-0.05, 0) is 64.5 Å². The summed E-state index contributed by atoms with van der Waals surface area (Å²) in [5.41, 5.74) is -0.488. The summed E-state index contributed by atoms with van der Waals surface area (Å²) in [7, 11) is 1.76. The Balaban J connectivity index is 0.00000385. The molecule has 186 valence electrons. The topological polar surface area (TPSA) is 99.4 Å². The van der Waals surface area contributed by atoms with Crippen molar-refractivity contribution in [3.63, 3.8) is 0 Å². The Morgan fingerprint density at radius 3 is 2.39 bits per heavy atom. The lowest BCUT2D eigenvalue weighted by molar-refractivity contribution is 0.00927. The van der Waals surface area contributed by atoms with Gasteiger partial charge in [0.15, 0.2) is 11.7 Å². The summed E-state index contributed by atoms with van der Waals surface area (Å²) in [4.78, 5) is 33.3. The number of hydrogen-bond donors (Lipinski definition) is 2. The highest BCUT2D eigenvalue weighted by atomic mass is 127. The van der Waals surface area contributed by atoms with Crippen LogP contribution in [0.25, 0.3) is 0 Å². The van der Waals surface area contributed by atoms with Gasteiger partial charge in [-0.1, -0.05) is 0 Å². The minimum atomic E-state index is -0.488. The molecule has 2 heterocycles. The molecule has 3 rings (SSSR count). The van der Waals surface area contributed by atoms with Crippen molar-refractivity contribution in [2.75, 3.05) is 39.8 Å². The highest BCUT2D eigenvalue weighted by molar-refractivity contribution is 14.0. The fourth-order valence-corrected chi connectivity index (χ4v) is 3.84. The molecule has 2 fully saturated rings. The maximum absolute atomic E-state index is 12.8. The van der Waals surface area contributed by atoms with Crippen LogP contribution < -0.4 is 10.6 Å². The summed E-state index contributed by atoms with van der Waals surface area (Å²) in [5, 5.41) is 6.12. The molecule has 0 spiro atoms. The standard InChI is InChI=1S/C23H37N5O4.HI/c1-23(2,3)32-22(30)28(16-17-7-8-17)18-9-13-27(14-10-18)21(24-4)26-12-11-25-20(29)19-6-5-15-31-19;/h5-6,15,17-18H,7-14,16H2,1-4H3,(H,24,26)(H,25,29);1H. The molecular weight excluding hydrogens is 537 g/mol. The van der Waals surface area contributed by atoms with E-state index in [-0.39, 0.29) is 42.0 Å². The summed E-state index contributed by atoms with van der Waals surface area (Å²) in [6.45, 7) is 9.18. The number of carbonyl (C=O) groups excluding carboxylic acids is 2. The number of rotatable bonds is 7. The molecule has 2 amide bonds. The Labute approximate surface area is 213 Å². The van der Waals surface area contributed by atoms with Crippen LogP contribution in [0.15, 0.2) is 27.8 Å². The molecular formula is C23H38IN5O4. The summed E-state index contributed by atoms with van der Waals surface area (Å²) in [5.74, 6) is 1.50. The molecule has 0 bridgehead atoms. The Kier molecular flexibility index (Phi) is 10.3. The van der Waals surface area contributed by atoms with Crippen LogP contribution >= 0.6 is 24.0 Å². The first kappa shape index (κ1) is 27.3. The van der Waals surface area contributed by atoms with E-state index in [4.69, 9.17) is 9.15 Å². The lowest BCUT2D eigenvalue weighted by Crippen LogP contribution is -2.53. The molecule has 10 heteroatoms. The van der Waals surface area contributed by atoms with Gasteiger partial charge in [0.1, 0.15) is 5.60 Å². The van der Waals surface area contributed by atoms with E-state index in [1.807, 2.05) is 25.7 Å². The number of likely N-dealkylation sites (tertiary alicyclic amines) is 1. The van der Waals surface area contributed by atoms with Gasteiger partial charge in [-0.3, -0.25) is 9.79 Å². The zero-order valence-electron chi connectivity index (χ0n) is 20.1. The van der Waals surface area contributed by atoms with Crippen molar-refractivity contribution >= 4 is 41.9 Å². The fraction of sp³-hybridized carbons (Fsp3) is 0.696. The van der Waals surface area contributed by atoms with Crippen molar-refractivity contribution in [3.05, 3.63) is 24.2 Å². The van der Waals surface area contributed by atoms with Crippen LogP contribution in [-0.4, -0.2) is 79.2 Å². The number of nitrogens with zero attached hydrogens (tertiary/aromatic N) is 3. The molecule has 33 heavy (non-hydrogen) atoms. The molecule has 1 aromatic rings. The van der Waals surface area contributed by atoms with E-state index >= 15 is 0 Å². The first-order chi connectivity index (χ1) is 15.3. The van der Waals surface area contributed by atoms with Crippen LogP contribution in [-0.2, 0) is 4.74 Å².